The number of nitrogens with zero attached hydrogens (tertiary/aromatic N) is 1. The highest BCUT2D eigenvalue weighted by atomic mass is 35.5. The summed E-state index contributed by atoms with van der Waals surface area (Å²) in [6.45, 7) is 2.55. The molecular formula is C19H22ClNS. The van der Waals surface area contributed by atoms with Crippen molar-refractivity contribution in [2.24, 2.45) is 0 Å². The fourth-order valence-corrected chi connectivity index (χ4v) is 5.92. The van der Waals surface area contributed by atoms with Crippen molar-refractivity contribution in [3.8, 4) is 0 Å². The number of aryl methyl sites for hydroxylation is 2. The van der Waals surface area contributed by atoms with E-state index >= 15 is 0 Å². The monoisotopic (exact) mass is 331 g/mol. The number of rotatable bonds is 0. The first kappa shape index (κ1) is 14.7. The van der Waals surface area contributed by atoms with Crippen LogP contribution in [0, 0.1) is 0 Å². The van der Waals surface area contributed by atoms with Crippen molar-refractivity contribution in [1.29, 1.82) is 0 Å². The van der Waals surface area contributed by atoms with Gasteiger partial charge in [-0.1, -0.05) is 30.7 Å². The lowest BCUT2D eigenvalue weighted by atomic mass is 9.79. The van der Waals surface area contributed by atoms with Gasteiger partial charge in [-0.15, -0.1) is 23.7 Å². The first-order valence-electron chi connectivity index (χ1n) is 8.34. The first-order valence-corrected chi connectivity index (χ1v) is 9.22. The summed E-state index contributed by atoms with van der Waals surface area (Å²) >= 11 is 2.03. The average Bonchev–Trinajstić information content (AvgIpc) is 2.90. The topological polar surface area (TPSA) is 3.24 Å². The van der Waals surface area contributed by atoms with Gasteiger partial charge in [0.15, 0.2) is 0 Å². The Kier molecular flexibility index (Phi) is 3.80. The van der Waals surface area contributed by atoms with Gasteiger partial charge in [0.25, 0.3) is 0 Å². The third-order valence-electron chi connectivity index (χ3n) is 5.73. The van der Waals surface area contributed by atoms with E-state index in [9.17, 15) is 0 Å². The lowest BCUT2D eigenvalue weighted by Gasteiger charge is -2.43. The molecule has 3 aliphatic rings. The van der Waals surface area contributed by atoms with Crippen LogP contribution in [0.2, 0.25) is 0 Å². The number of hydrogen-bond donors (Lipinski definition) is 0. The zero-order valence-electron chi connectivity index (χ0n) is 12.8. The van der Waals surface area contributed by atoms with Crippen molar-refractivity contribution < 1.29 is 0 Å². The van der Waals surface area contributed by atoms with Crippen LogP contribution < -0.4 is 0 Å². The molecule has 1 aromatic heterocycles. The molecule has 2 atom stereocenters. The first-order chi connectivity index (χ1) is 10.4. The second kappa shape index (κ2) is 5.67. The molecule has 0 spiro atoms. The molecule has 1 aromatic carbocycles. The van der Waals surface area contributed by atoms with Gasteiger partial charge in [0.05, 0.1) is 0 Å². The minimum atomic E-state index is 0. The van der Waals surface area contributed by atoms with Gasteiger partial charge in [-0.3, -0.25) is 4.90 Å². The maximum Gasteiger partial charge on any atom is 0.0359 e. The van der Waals surface area contributed by atoms with Gasteiger partial charge < -0.3 is 0 Å². The van der Waals surface area contributed by atoms with Crippen LogP contribution in [0.15, 0.2) is 29.6 Å². The van der Waals surface area contributed by atoms with Crippen molar-refractivity contribution in [2.75, 3.05) is 13.1 Å². The number of halogens is 1. The van der Waals surface area contributed by atoms with Gasteiger partial charge in [-0.25, -0.2) is 0 Å². The maximum atomic E-state index is 2.77. The van der Waals surface area contributed by atoms with Gasteiger partial charge in [-0.2, -0.15) is 0 Å². The molecule has 0 saturated carbocycles. The SMILES string of the molecule is Cl.c1ccc2c(c1)CCc1scc3c1[C@@H]2CN1CCCC[C@H]31. The largest absolute Gasteiger partial charge is 0.295 e. The van der Waals surface area contributed by atoms with E-state index in [0.29, 0.717) is 5.92 Å². The van der Waals surface area contributed by atoms with Crippen molar-refractivity contribution in [2.45, 2.75) is 44.1 Å². The third-order valence-corrected chi connectivity index (χ3v) is 6.81. The fraction of sp³-hybridized carbons (Fsp3) is 0.474. The van der Waals surface area contributed by atoms with Crippen LogP contribution in [0.1, 0.15) is 58.4 Å². The molecule has 0 amide bonds. The van der Waals surface area contributed by atoms with Crippen LogP contribution in [0.5, 0.6) is 0 Å². The Bertz CT molecular complexity index is 692. The smallest absolute Gasteiger partial charge is 0.0359 e. The van der Waals surface area contributed by atoms with E-state index in [0.717, 1.165) is 6.04 Å². The summed E-state index contributed by atoms with van der Waals surface area (Å²) in [7, 11) is 0. The van der Waals surface area contributed by atoms with Crippen molar-refractivity contribution in [3.05, 3.63) is 56.8 Å². The van der Waals surface area contributed by atoms with Crippen LogP contribution in [0.4, 0.5) is 0 Å². The summed E-state index contributed by atoms with van der Waals surface area (Å²) in [5.74, 6) is 0.634. The lowest BCUT2D eigenvalue weighted by molar-refractivity contribution is 0.131. The predicted octanol–water partition coefficient (Wildman–Crippen LogP) is 4.94. The van der Waals surface area contributed by atoms with Crippen LogP contribution in [-0.4, -0.2) is 18.0 Å². The number of hydrogen-bond acceptors (Lipinski definition) is 2. The summed E-state index contributed by atoms with van der Waals surface area (Å²) in [5.41, 5.74) is 6.61. The van der Waals surface area contributed by atoms with E-state index in [1.807, 2.05) is 11.3 Å². The fourth-order valence-electron chi connectivity index (χ4n) is 4.76. The number of thiophene rings is 1. The van der Waals surface area contributed by atoms with Crippen LogP contribution in [-0.2, 0) is 12.8 Å². The number of benzene rings is 1. The maximum absolute atomic E-state index is 2.77. The molecule has 1 nitrogen and oxygen atoms in total. The second-order valence-electron chi connectivity index (χ2n) is 6.79. The van der Waals surface area contributed by atoms with E-state index < -0.39 is 0 Å². The zero-order valence-corrected chi connectivity index (χ0v) is 14.4. The van der Waals surface area contributed by atoms with Gasteiger partial charge in [0.1, 0.15) is 0 Å². The molecule has 0 radical (unpaired) electrons. The highest BCUT2D eigenvalue weighted by Gasteiger charge is 2.38. The number of fused-ring (bicyclic) bond motifs is 4. The van der Waals surface area contributed by atoms with E-state index in [4.69, 9.17) is 0 Å². The van der Waals surface area contributed by atoms with Crippen LogP contribution in [0.25, 0.3) is 0 Å². The summed E-state index contributed by atoms with van der Waals surface area (Å²) in [6, 6.07) is 9.92. The second-order valence-corrected chi connectivity index (χ2v) is 7.75. The molecule has 0 unspecified atom stereocenters. The Morgan fingerprint density at radius 2 is 1.95 bits per heavy atom. The van der Waals surface area contributed by atoms with E-state index in [2.05, 4.69) is 34.5 Å². The summed E-state index contributed by atoms with van der Waals surface area (Å²) < 4.78 is 0. The molecule has 1 fully saturated rings. The number of piperidine rings is 1. The zero-order chi connectivity index (χ0) is 13.8. The highest BCUT2D eigenvalue weighted by Crippen LogP contribution is 2.49. The van der Waals surface area contributed by atoms with E-state index in [1.165, 1.54) is 45.2 Å². The molecule has 3 heteroatoms. The standard InChI is InChI=1S/C19H21NS.ClH/c1-2-6-14-13(5-1)8-9-18-19-15(14)11-20-10-4-3-7-17(20)16(19)12-21-18;/h1-2,5-6,12,15,17H,3-4,7-11H2;1H/t15-,17-;/m1./s1. The highest BCUT2D eigenvalue weighted by molar-refractivity contribution is 7.10. The molecule has 3 heterocycles. The quantitative estimate of drug-likeness (QED) is 0.660. The predicted molar refractivity (Wildman–Crippen MR) is 95.4 cm³/mol. The molecule has 1 saturated heterocycles. The normalized spacial score (nSPS) is 26.2. The molecule has 2 aliphatic heterocycles. The summed E-state index contributed by atoms with van der Waals surface area (Å²) in [5, 5.41) is 2.49. The van der Waals surface area contributed by atoms with E-state index in [-0.39, 0.29) is 12.4 Å². The minimum Gasteiger partial charge on any atom is -0.295 e. The summed E-state index contributed by atoms with van der Waals surface area (Å²) in [4.78, 5) is 4.45. The molecule has 1 aliphatic carbocycles. The average molecular weight is 332 g/mol. The van der Waals surface area contributed by atoms with Gasteiger partial charge in [-0.05, 0) is 59.9 Å². The van der Waals surface area contributed by atoms with Crippen molar-refractivity contribution in [1.82, 2.24) is 4.90 Å². The molecular weight excluding hydrogens is 310 g/mol. The molecule has 2 aromatic rings. The Balaban J connectivity index is 0.00000125. The summed E-state index contributed by atoms with van der Waals surface area (Å²) in [6.07, 6.45) is 6.65. The van der Waals surface area contributed by atoms with E-state index in [1.54, 1.807) is 27.1 Å². The van der Waals surface area contributed by atoms with Crippen LogP contribution in [0.3, 0.4) is 0 Å². The van der Waals surface area contributed by atoms with Crippen molar-refractivity contribution in [3.63, 3.8) is 0 Å². The third kappa shape index (κ3) is 2.08. The lowest BCUT2D eigenvalue weighted by Crippen LogP contribution is -2.40. The molecule has 22 heavy (non-hydrogen) atoms. The Hall–Kier alpha value is -0.830. The van der Waals surface area contributed by atoms with Crippen LogP contribution >= 0.6 is 23.7 Å². The van der Waals surface area contributed by atoms with Gasteiger partial charge >= 0.3 is 0 Å². The molecule has 0 bridgehead atoms. The van der Waals surface area contributed by atoms with Gasteiger partial charge in [0.2, 0.25) is 0 Å². The molecule has 116 valence electrons. The Morgan fingerprint density at radius 3 is 2.91 bits per heavy atom. The molecule has 0 N–H and O–H groups in total. The minimum absolute atomic E-state index is 0. The Labute approximate surface area is 142 Å². The van der Waals surface area contributed by atoms with Gasteiger partial charge in [0, 0.05) is 23.4 Å². The van der Waals surface area contributed by atoms with Crippen molar-refractivity contribution >= 4 is 23.7 Å². The molecule has 5 rings (SSSR count). The Morgan fingerprint density at radius 1 is 1.05 bits per heavy atom.